The quantitative estimate of drug-likeness (QED) is 0.559. The van der Waals surface area contributed by atoms with Gasteiger partial charge in [-0.15, -0.1) is 0 Å². The van der Waals surface area contributed by atoms with Crippen LogP contribution in [0.4, 0.5) is 17.5 Å². The highest BCUT2D eigenvalue weighted by atomic mass is 16.5. The van der Waals surface area contributed by atoms with Gasteiger partial charge in [0.15, 0.2) is 0 Å². The van der Waals surface area contributed by atoms with Crippen LogP contribution in [0.15, 0.2) is 48.7 Å². The van der Waals surface area contributed by atoms with Gasteiger partial charge in [0.05, 0.1) is 37.9 Å². The van der Waals surface area contributed by atoms with Crippen molar-refractivity contribution in [2.24, 2.45) is 0 Å². The third-order valence-electron chi connectivity index (χ3n) is 3.72. The molecule has 0 radical (unpaired) electrons. The molecule has 3 aromatic rings. The molecule has 0 saturated carbocycles. The Balaban J connectivity index is 1.97. The number of methoxy groups -OCH3 is 2. The van der Waals surface area contributed by atoms with E-state index in [4.69, 9.17) is 14.6 Å². The second-order valence-corrected chi connectivity index (χ2v) is 5.52. The van der Waals surface area contributed by atoms with Crippen LogP contribution >= 0.6 is 0 Å². The number of ether oxygens (including phenoxy) is 2. The van der Waals surface area contributed by atoms with Gasteiger partial charge in [-0.1, -0.05) is 6.07 Å². The van der Waals surface area contributed by atoms with Crippen LogP contribution in [0.25, 0.3) is 11.4 Å². The molecule has 0 aliphatic carbocycles. The molecule has 140 valence electrons. The zero-order valence-corrected chi connectivity index (χ0v) is 15.1. The minimum Gasteiger partial charge on any atom is -0.497 e. The second kappa shape index (κ2) is 8.81. The average Bonchev–Trinajstić information content (AvgIpc) is 2.73. The maximum atomic E-state index is 9.06. The largest absolute Gasteiger partial charge is 0.497 e. The number of nitrogens with one attached hydrogen (secondary N) is 2. The number of hydrogen-bond acceptors (Lipinski definition) is 8. The number of aliphatic hydroxyl groups is 1. The highest BCUT2D eigenvalue weighted by Crippen LogP contribution is 2.32. The first-order valence-electron chi connectivity index (χ1n) is 8.37. The van der Waals surface area contributed by atoms with E-state index in [9.17, 15) is 0 Å². The van der Waals surface area contributed by atoms with Crippen molar-refractivity contribution in [2.45, 2.75) is 0 Å². The van der Waals surface area contributed by atoms with Gasteiger partial charge in [-0.05, 0) is 24.3 Å². The Hall–Kier alpha value is -3.39. The van der Waals surface area contributed by atoms with Gasteiger partial charge in [0.2, 0.25) is 5.95 Å². The Bertz CT molecular complexity index is 890. The summed E-state index contributed by atoms with van der Waals surface area (Å²) in [6.45, 7) is 0.323. The van der Waals surface area contributed by atoms with E-state index in [0.717, 1.165) is 11.4 Å². The van der Waals surface area contributed by atoms with Gasteiger partial charge < -0.3 is 25.2 Å². The number of hydrogen-bond donors (Lipinski definition) is 3. The van der Waals surface area contributed by atoms with Crippen molar-refractivity contribution < 1.29 is 14.6 Å². The molecule has 27 heavy (non-hydrogen) atoms. The molecule has 0 unspecified atom stereocenters. The van der Waals surface area contributed by atoms with Crippen molar-refractivity contribution in [1.82, 2.24) is 15.0 Å². The van der Waals surface area contributed by atoms with Crippen molar-refractivity contribution in [3.8, 4) is 22.9 Å². The molecule has 0 amide bonds. The van der Waals surface area contributed by atoms with Gasteiger partial charge in [0, 0.05) is 24.9 Å². The van der Waals surface area contributed by atoms with Gasteiger partial charge in [0.1, 0.15) is 17.3 Å². The molecule has 0 fully saturated rings. The monoisotopic (exact) mass is 367 g/mol. The maximum absolute atomic E-state index is 9.06. The predicted octanol–water partition coefficient (Wildman–Crippen LogP) is 2.70. The molecule has 0 saturated heterocycles. The molecular formula is C19H21N5O3. The van der Waals surface area contributed by atoms with E-state index in [1.54, 1.807) is 32.5 Å². The summed E-state index contributed by atoms with van der Waals surface area (Å²) in [5.74, 6) is 2.27. The summed E-state index contributed by atoms with van der Waals surface area (Å²) in [7, 11) is 3.19. The second-order valence-electron chi connectivity index (χ2n) is 5.52. The molecule has 0 bridgehead atoms. The maximum Gasteiger partial charge on any atom is 0.225 e. The number of nitrogens with zero attached hydrogens (tertiary/aromatic N) is 3. The van der Waals surface area contributed by atoms with Crippen molar-refractivity contribution in [3.05, 3.63) is 48.7 Å². The lowest BCUT2D eigenvalue weighted by Gasteiger charge is -2.14. The molecule has 0 aliphatic heterocycles. The molecule has 2 aromatic heterocycles. The van der Waals surface area contributed by atoms with Crippen LogP contribution in [0.2, 0.25) is 0 Å². The number of benzene rings is 1. The van der Waals surface area contributed by atoms with Crippen LogP contribution in [0, 0.1) is 0 Å². The molecule has 0 atom stereocenters. The normalized spacial score (nSPS) is 10.3. The minimum absolute atomic E-state index is 0.0216. The van der Waals surface area contributed by atoms with Crippen LogP contribution in [0.1, 0.15) is 0 Å². The summed E-state index contributed by atoms with van der Waals surface area (Å²) in [5.41, 5.74) is 2.11. The number of anilines is 3. The molecule has 0 aliphatic rings. The first-order valence-corrected chi connectivity index (χ1v) is 8.37. The van der Waals surface area contributed by atoms with Crippen LogP contribution < -0.4 is 20.1 Å². The summed E-state index contributed by atoms with van der Waals surface area (Å²) in [6.07, 6.45) is 1.71. The first kappa shape index (κ1) is 18.4. The number of rotatable bonds is 8. The number of aromatic nitrogens is 3. The predicted molar refractivity (Wildman–Crippen MR) is 104 cm³/mol. The minimum atomic E-state index is -0.0216. The number of pyridine rings is 1. The molecule has 8 nitrogen and oxygen atoms in total. The van der Waals surface area contributed by atoms with Crippen molar-refractivity contribution in [2.75, 3.05) is 38.0 Å². The average molecular weight is 367 g/mol. The zero-order valence-electron chi connectivity index (χ0n) is 15.1. The fourth-order valence-corrected chi connectivity index (χ4v) is 2.44. The van der Waals surface area contributed by atoms with Crippen LogP contribution in [0.5, 0.6) is 11.5 Å². The first-order chi connectivity index (χ1) is 13.2. The third-order valence-corrected chi connectivity index (χ3v) is 3.72. The molecule has 8 heteroatoms. The van der Waals surface area contributed by atoms with Gasteiger partial charge in [-0.25, -0.2) is 4.98 Å². The van der Waals surface area contributed by atoms with Gasteiger partial charge in [-0.3, -0.25) is 4.98 Å². The van der Waals surface area contributed by atoms with E-state index in [1.807, 2.05) is 30.3 Å². The summed E-state index contributed by atoms with van der Waals surface area (Å²) < 4.78 is 10.7. The van der Waals surface area contributed by atoms with E-state index < -0.39 is 0 Å². The standard InChI is InChI=1S/C19H21N5O3/c1-26-13-6-7-15(17(11-13)27-2)22-18-12-16(14-5-3-4-8-20-14)23-19(24-18)21-9-10-25/h3-8,11-12,25H,9-10H2,1-2H3,(H2,21,22,23,24). The Morgan fingerprint density at radius 1 is 1.00 bits per heavy atom. The van der Waals surface area contributed by atoms with Crippen LogP contribution in [0.3, 0.4) is 0 Å². The van der Waals surface area contributed by atoms with Gasteiger partial charge in [0.25, 0.3) is 0 Å². The van der Waals surface area contributed by atoms with E-state index in [2.05, 4.69) is 25.6 Å². The lowest BCUT2D eigenvalue weighted by atomic mass is 10.2. The fourth-order valence-electron chi connectivity index (χ4n) is 2.44. The highest BCUT2D eigenvalue weighted by molar-refractivity contribution is 5.69. The Morgan fingerprint density at radius 3 is 2.59 bits per heavy atom. The van der Waals surface area contributed by atoms with Crippen molar-refractivity contribution in [3.63, 3.8) is 0 Å². The summed E-state index contributed by atoms with van der Waals surface area (Å²) >= 11 is 0. The molecule has 2 heterocycles. The van der Waals surface area contributed by atoms with Gasteiger partial charge in [-0.2, -0.15) is 4.98 Å². The summed E-state index contributed by atoms with van der Waals surface area (Å²) in [5, 5.41) is 15.3. The smallest absolute Gasteiger partial charge is 0.225 e. The Morgan fingerprint density at radius 2 is 1.89 bits per heavy atom. The van der Waals surface area contributed by atoms with E-state index >= 15 is 0 Å². The van der Waals surface area contributed by atoms with E-state index in [-0.39, 0.29) is 6.61 Å². The van der Waals surface area contributed by atoms with E-state index in [0.29, 0.717) is 35.5 Å². The van der Waals surface area contributed by atoms with Crippen LogP contribution in [-0.2, 0) is 0 Å². The van der Waals surface area contributed by atoms with E-state index in [1.165, 1.54) is 0 Å². The fraction of sp³-hybridized carbons (Fsp3) is 0.211. The highest BCUT2D eigenvalue weighted by Gasteiger charge is 2.11. The molecule has 1 aromatic carbocycles. The Labute approximate surface area is 157 Å². The molecule has 3 N–H and O–H groups in total. The summed E-state index contributed by atoms with van der Waals surface area (Å²) in [6, 6.07) is 12.9. The van der Waals surface area contributed by atoms with Crippen molar-refractivity contribution >= 4 is 17.5 Å². The molecule has 3 rings (SSSR count). The lowest BCUT2D eigenvalue weighted by Crippen LogP contribution is -2.10. The molecule has 0 spiro atoms. The SMILES string of the molecule is COc1ccc(Nc2cc(-c3ccccn3)nc(NCCO)n2)c(OC)c1. The van der Waals surface area contributed by atoms with Gasteiger partial charge >= 0.3 is 0 Å². The lowest BCUT2D eigenvalue weighted by molar-refractivity contribution is 0.311. The molecular weight excluding hydrogens is 346 g/mol. The topological polar surface area (TPSA) is 101 Å². The zero-order chi connectivity index (χ0) is 19.1. The summed E-state index contributed by atoms with van der Waals surface area (Å²) in [4.78, 5) is 13.3. The Kier molecular flexibility index (Phi) is 6.01. The number of aliphatic hydroxyl groups excluding tert-OH is 1. The van der Waals surface area contributed by atoms with Crippen molar-refractivity contribution in [1.29, 1.82) is 0 Å². The van der Waals surface area contributed by atoms with Crippen LogP contribution in [-0.4, -0.2) is 47.4 Å². The third kappa shape index (κ3) is 4.62.